The molecule has 2 N–H and O–H groups in total. The minimum Gasteiger partial charge on any atom is -0.322 e. The van der Waals surface area contributed by atoms with E-state index in [1.807, 2.05) is 6.07 Å². The number of amides is 1. The van der Waals surface area contributed by atoms with Crippen LogP contribution in [0, 0.1) is 0 Å². The number of carbonyl (C=O) groups excluding carboxylic acids is 1. The van der Waals surface area contributed by atoms with Crippen molar-refractivity contribution in [2.75, 3.05) is 5.32 Å². The third kappa shape index (κ3) is 3.43. The van der Waals surface area contributed by atoms with Crippen molar-refractivity contribution >= 4 is 45.1 Å². The number of carbonyl (C=O) groups is 1. The molecular weight excluding hydrogens is 346 g/mol. The van der Waals surface area contributed by atoms with Gasteiger partial charge in [0.2, 0.25) is 0 Å². The molecule has 1 amide bonds. The molecule has 0 saturated heterocycles. The van der Waals surface area contributed by atoms with E-state index in [-0.39, 0.29) is 10.8 Å². The predicted octanol–water partition coefficient (Wildman–Crippen LogP) is 3.63. The van der Waals surface area contributed by atoms with E-state index in [2.05, 4.69) is 17.9 Å². The summed E-state index contributed by atoms with van der Waals surface area (Å²) >= 11 is 4.16. The molecule has 3 aromatic rings. The largest absolute Gasteiger partial charge is 0.322 e. The van der Waals surface area contributed by atoms with Crippen molar-refractivity contribution in [3.63, 3.8) is 0 Å². The number of benzene rings is 3. The summed E-state index contributed by atoms with van der Waals surface area (Å²) in [5.41, 5.74) is 1.02. The minimum absolute atomic E-state index is 0.217. The van der Waals surface area contributed by atoms with Crippen molar-refractivity contribution < 1.29 is 17.8 Å². The van der Waals surface area contributed by atoms with Crippen LogP contribution >= 0.6 is 12.6 Å². The summed E-state index contributed by atoms with van der Waals surface area (Å²) < 4.78 is 32.3. The first-order valence-electron chi connectivity index (χ1n) is 6.95. The molecule has 0 fully saturated rings. The monoisotopic (exact) mass is 359 g/mol. The fourth-order valence-corrected chi connectivity index (χ4v) is 3.50. The molecule has 7 heteroatoms. The zero-order valence-electron chi connectivity index (χ0n) is 12.3. The standard InChI is InChI=1S/C17H13NO4S2/c19-17(11-4-2-1-3-5-11)18-13-6-7-15-12(8-13)9-14(23)10-16(15)24(20,21)22/h1-10,23H,(H,18,19)(H,20,21,22). The lowest BCUT2D eigenvalue weighted by atomic mass is 10.1. The van der Waals surface area contributed by atoms with Crippen molar-refractivity contribution in [2.45, 2.75) is 9.79 Å². The van der Waals surface area contributed by atoms with Crippen molar-refractivity contribution in [1.29, 1.82) is 0 Å². The molecule has 5 nitrogen and oxygen atoms in total. The first-order chi connectivity index (χ1) is 11.3. The van der Waals surface area contributed by atoms with Gasteiger partial charge in [-0.15, -0.1) is 12.6 Å². The normalized spacial score (nSPS) is 11.4. The first-order valence-corrected chi connectivity index (χ1v) is 8.84. The average Bonchev–Trinajstić information content (AvgIpc) is 2.53. The van der Waals surface area contributed by atoms with Crippen LogP contribution in [0.4, 0.5) is 5.69 Å². The van der Waals surface area contributed by atoms with Gasteiger partial charge in [0.25, 0.3) is 16.0 Å². The van der Waals surface area contributed by atoms with Gasteiger partial charge in [-0.1, -0.05) is 24.3 Å². The molecule has 3 aromatic carbocycles. The van der Waals surface area contributed by atoms with Gasteiger partial charge in [-0.25, -0.2) is 0 Å². The maximum Gasteiger partial charge on any atom is 0.295 e. The van der Waals surface area contributed by atoms with Gasteiger partial charge in [-0.2, -0.15) is 8.42 Å². The molecule has 0 bridgehead atoms. The highest BCUT2D eigenvalue weighted by Gasteiger charge is 2.15. The average molecular weight is 359 g/mol. The molecule has 0 spiro atoms. The van der Waals surface area contributed by atoms with Gasteiger partial charge in [0.1, 0.15) is 4.90 Å². The van der Waals surface area contributed by atoms with Crippen LogP contribution in [0.3, 0.4) is 0 Å². The molecule has 0 heterocycles. The van der Waals surface area contributed by atoms with Crippen LogP contribution in [0.15, 0.2) is 70.5 Å². The Hall–Kier alpha value is -2.35. The number of hydrogen-bond acceptors (Lipinski definition) is 4. The van der Waals surface area contributed by atoms with Crippen LogP contribution in [-0.2, 0) is 10.1 Å². The minimum atomic E-state index is -4.37. The second-order valence-corrected chi connectivity index (χ2v) is 7.08. The molecule has 0 aliphatic heterocycles. The molecule has 0 aliphatic carbocycles. The van der Waals surface area contributed by atoms with Gasteiger partial charge in [-0.3, -0.25) is 9.35 Å². The van der Waals surface area contributed by atoms with E-state index in [1.54, 1.807) is 42.5 Å². The molecule has 0 aromatic heterocycles. The maximum atomic E-state index is 12.2. The van der Waals surface area contributed by atoms with Crippen molar-refractivity contribution in [1.82, 2.24) is 0 Å². The van der Waals surface area contributed by atoms with E-state index in [1.165, 1.54) is 12.1 Å². The van der Waals surface area contributed by atoms with Gasteiger partial charge in [-0.05, 0) is 41.8 Å². The van der Waals surface area contributed by atoms with Crippen LogP contribution in [0.2, 0.25) is 0 Å². The third-order valence-electron chi connectivity index (χ3n) is 3.47. The quantitative estimate of drug-likeness (QED) is 0.493. The summed E-state index contributed by atoms with van der Waals surface area (Å²) in [6, 6.07) is 16.4. The number of fused-ring (bicyclic) bond motifs is 1. The van der Waals surface area contributed by atoms with Gasteiger partial charge < -0.3 is 5.32 Å². The van der Waals surface area contributed by atoms with E-state index < -0.39 is 10.1 Å². The van der Waals surface area contributed by atoms with Crippen LogP contribution in [0.1, 0.15) is 10.4 Å². The Morgan fingerprint density at radius 3 is 2.38 bits per heavy atom. The second kappa shape index (κ2) is 6.27. The second-order valence-electron chi connectivity index (χ2n) is 5.18. The van der Waals surface area contributed by atoms with Crippen LogP contribution in [0.5, 0.6) is 0 Å². The van der Waals surface area contributed by atoms with Crippen LogP contribution in [0.25, 0.3) is 10.8 Å². The van der Waals surface area contributed by atoms with Gasteiger partial charge in [0.05, 0.1) is 0 Å². The zero-order chi connectivity index (χ0) is 17.3. The Kier molecular flexibility index (Phi) is 4.31. The Morgan fingerprint density at radius 1 is 1.00 bits per heavy atom. The summed E-state index contributed by atoms with van der Waals surface area (Å²) in [7, 11) is -4.37. The van der Waals surface area contributed by atoms with Gasteiger partial charge >= 0.3 is 0 Å². The highest BCUT2D eigenvalue weighted by Crippen LogP contribution is 2.29. The summed E-state index contributed by atoms with van der Waals surface area (Å²) in [5.74, 6) is -0.271. The van der Waals surface area contributed by atoms with E-state index in [0.29, 0.717) is 26.9 Å². The van der Waals surface area contributed by atoms with Gasteiger partial charge in [0.15, 0.2) is 0 Å². The lowest BCUT2D eigenvalue weighted by molar-refractivity contribution is 0.102. The Balaban J connectivity index is 2.02. The highest BCUT2D eigenvalue weighted by molar-refractivity contribution is 7.86. The maximum absolute atomic E-state index is 12.2. The van der Waals surface area contributed by atoms with E-state index in [9.17, 15) is 17.8 Å². The summed E-state index contributed by atoms with van der Waals surface area (Å²) in [5, 5.41) is 3.65. The number of rotatable bonds is 3. The fourth-order valence-electron chi connectivity index (χ4n) is 2.40. The molecular formula is C17H13NO4S2. The number of nitrogens with one attached hydrogen (secondary N) is 1. The summed E-state index contributed by atoms with van der Waals surface area (Å²) in [6.07, 6.45) is 0. The van der Waals surface area contributed by atoms with Crippen molar-refractivity contribution in [2.24, 2.45) is 0 Å². The first kappa shape index (κ1) is 16.5. The predicted molar refractivity (Wildman–Crippen MR) is 95.4 cm³/mol. The van der Waals surface area contributed by atoms with E-state index >= 15 is 0 Å². The highest BCUT2D eigenvalue weighted by atomic mass is 32.2. The van der Waals surface area contributed by atoms with Crippen molar-refractivity contribution in [3.05, 3.63) is 66.2 Å². The fraction of sp³-hybridized carbons (Fsp3) is 0. The van der Waals surface area contributed by atoms with Crippen LogP contribution < -0.4 is 5.32 Å². The molecule has 0 unspecified atom stereocenters. The Labute approximate surface area is 144 Å². The molecule has 0 saturated carbocycles. The zero-order valence-corrected chi connectivity index (χ0v) is 14.0. The van der Waals surface area contributed by atoms with Gasteiger partial charge in [0, 0.05) is 21.5 Å². The topological polar surface area (TPSA) is 83.5 Å². The molecule has 0 atom stereocenters. The lowest BCUT2D eigenvalue weighted by Gasteiger charge is -2.09. The molecule has 0 aliphatic rings. The lowest BCUT2D eigenvalue weighted by Crippen LogP contribution is -2.11. The van der Waals surface area contributed by atoms with E-state index in [0.717, 1.165) is 0 Å². The van der Waals surface area contributed by atoms with Crippen molar-refractivity contribution in [3.8, 4) is 0 Å². The summed E-state index contributed by atoms with van der Waals surface area (Å²) in [4.78, 5) is 12.4. The molecule has 0 radical (unpaired) electrons. The molecule has 122 valence electrons. The number of thiol groups is 1. The SMILES string of the molecule is O=C(Nc1ccc2c(S(=O)(=O)O)cc(S)cc2c1)c1ccccc1. The molecule has 24 heavy (non-hydrogen) atoms. The number of hydrogen-bond donors (Lipinski definition) is 3. The third-order valence-corrected chi connectivity index (χ3v) is 4.62. The molecule has 3 rings (SSSR count). The Bertz CT molecular complexity index is 1030. The van der Waals surface area contributed by atoms with E-state index in [4.69, 9.17) is 0 Å². The summed E-state index contributed by atoms with van der Waals surface area (Å²) in [6.45, 7) is 0. The van der Waals surface area contributed by atoms with Crippen LogP contribution in [-0.4, -0.2) is 18.9 Å². The number of anilines is 1. The smallest absolute Gasteiger partial charge is 0.295 e. The Morgan fingerprint density at radius 2 is 1.71 bits per heavy atom.